The first kappa shape index (κ1) is 10.6. The van der Waals surface area contributed by atoms with E-state index in [1.807, 2.05) is 0 Å². The second kappa shape index (κ2) is 3.72. The molecular formula is C7H9N3O3S. The minimum absolute atomic E-state index is 0.148. The summed E-state index contributed by atoms with van der Waals surface area (Å²) in [5, 5.41) is -0.148. The number of sulfonamides is 1. The first-order valence-electron chi connectivity index (χ1n) is 3.67. The molecule has 6 nitrogen and oxygen atoms in total. The summed E-state index contributed by atoms with van der Waals surface area (Å²) in [6, 6.07) is 2.52. The van der Waals surface area contributed by atoms with Crippen LogP contribution in [-0.2, 0) is 10.0 Å². The zero-order valence-corrected chi connectivity index (χ0v) is 8.21. The molecule has 0 aliphatic rings. The molecule has 0 saturated heterocycles. The molecule has 3 N–H and O–H groups in total. The first-order chi connectivity index (χ1) is 6.47. The second-order valence-corrected chi connectivity index (χ2v) is 4.29. The second-order valence-electron chi connectivity index (χ2n) is 2.46. The maximum atomic E-state index is 11.2. The van der Waals surface area contributed by atoms with Gasteiger partial charge >= 0.3 is 0 Å². The van der Waals surface area contributed by atoms with Gasteiger partial charge in [0, 0.05) is 6.20 Å². The average molecular weight is 215 g/mol. The summed E-state index contributed by atoms with van der Waals surface area (Å²) in [5.41, 5.74) is 5.13. The number of primary amides is 1. The number of carbonyl (C=O) groups excluding carboxylic acids is 1. The van der Waals surface area contributed by atoms with Crippen molar-refractivity contribution in [2.24, 2.45) is 5.73 Å². The Morgan fingerprint density at radius 1 is 1.50 bits per heavy atom. The van der Waals surface area contributed by atoms with Crippen LogP contribution in [0.2, 0.25) is 0 Å². The van der Waals surface area contributed by atoms with E-state index in [2.05, 4.69) is 9.71 Å². The molecule has 1 aromatic heterocycles. The maximum Gasteiger partial charge on any atom is 0.257 e. The van der Waals surface area contributed by atoms with Crippen molar-refractivity contribution in [2.45, 2.75) is 5.03 Å². The van der Waals surface area contributed by atoms with Crippen LogP contribution in [-0.4, -0.2) is 26.4 Å². The fourth-order valence-corrected chi connectivity index (χ4v) is 1.44. The Labute approximate surface area is 81.2 Å². The minimum Gasteiger partial charge on any atom is -0.366 e. The van der Waals surface area contributed by atoms with Gasteiger partial charge in [0.15, 0.2) is 5.03 Å². The van der Waals surface area contributed by atoms with Crippen LogP contribution in [0.15, 0.2) is 23.4 Å². The topological polar surface area (TPSA) is 102 Å². The SMILES string of the molecule is CNS(=O)(=O)c1ccc(C(N)=O)cn1. The molecular weight excluding hydrogens is 206 g/mol. The van der Waals surface area contributed by atoms with Gasteiger partial charge in [0.2, 0.25) is 5.91 Å². The van der Waals surface area contributed by atoms with E-state index in [0.717, 1.165) is 6.20 Å². The van der Waals surface area contributed by atoms with Crippen LogP contribution in [0.1, 0.15) is 10.4 Å². The standard InChI is InChI=1S/C7H9N3O3S/c1-9-14(12,13)6-3-2-5(4-10-6)7(8)11/h2-4,9H,1H3,(H2,8,11). The van der Waals surface area contributed by atoms with Gasteiger partial charge in [0.1, 0.15) is 0 Å². The number of hydrogen-bond acceptors (Lipinski definition) is 4. The number of hydrogen-bond donors (Lipinski definition) is 2. The van der Waals surface area contributed by atoms with Gasteiger partial charge < -0.3 is 5.73 Å². The van der Waals surface area contributed by atoms with E-state index in [4.69, 9.17) is 5.73 Å². The molecule has 0 radical (unpaired) electrons. The predicted octanol–water partition coefficient (Wildman–Crippen LogP) is -0.911. The van der Waals surface area contributed by atoms with Gasteiger partial charge in [0.05, 0.1) is 5.56 Å². The largest absolute Gasteiger partial charge is 0.366 e. The third kappa shape index (κ3) is 2.06. The van der Waals surface area contributed by atoms with Gasteiger partial charge in [-0.05, 0) is 19.2 Å². The van der Waals surface area contributed by atoms with E-state index in [1.165, 1.54) is 19.2 Å². The van der Waals surface area contributed by atoms with E-state index < -0.39 is 15.9 Å². The monoisotopic (exact) mass is 215 g/mol. The molecule has 0 atom stereocenters. The van der Waals surface area contributed by atoms with E-state index >= 15 is 0 Å². The third-order valence-electron chi connectivity index (χ3n) is 1.56. The lowest BCUT2D eigenvalue weighted by Gasteiger charge is -2.01. The molecule has 0 bridgehead atoms. The highest BCUT2D eigenvalue weighted by atomic mass is 32.2. The number of nitrogens with one attached hydrogen (secondary N) is 1. The van der Waals surface area contributed by atoms with Crippen LogP contribution >= 0.6 is 0 Å². The zero-order chi connectivity index (χ0) is 10.8. The normalized spacial score (nSPS) is 11.2. The summed E-state index contributed by atoms with van der Waals surface area (Å²) in [7, 11) is -2.28. The van der Waals surface area contributed by atoms with Crippen molar-refractivity contribution in [3.05, 3.63) is 23.9 Å². The molecule has 1 aromatic rings. The van der Waals surface area contributed by atoms with Crippen LogP contribution in [0.4, 0.5) is 0 Å². The number of amides is 1. The minimum atomic E-state index is -3.55. The predicted molar refractivity (Wildman–Crippen MR) is 49.0 cm³/mol. The van der Waals surface area contributed by atoms with Gasteiger partial charge in [-0.25, -0.2) is 18.1 Å². The van der Waals surface area contributed by atoms with Crippen LogP contribution in [0.3, 0.4) is 0 Å². The molecule has 1 rings (SSSR count). The lowest BCUT2D eigenvalue weighted by atomic mass is 10.3. The molecule has 14 heavy (non-hydrogen) atoms. The molecule has 1 heterocycles. The lowest BCUT2D eigenvalue weighted by molar-refractivity contribution is 0.1000. The van der Waals surface area contributed by atoms with E-state index in [-0.39, 0.29) is 10.6 Å². The number of carbonyl (C=O) groups is 1. The lowest BCUT2D eigenvalue weighted by Crippen LogP contribution is -2.20. The van der Waals surface area contributed by atoms with Crippen molar-refractivity contribution in [3.63, 3.8) is 0 Å². The third-order valence-corrected chi connectivity index (χ3v) is 2.89. The first-order valence-corrected chi connectivity index (χ1v) is 5.15. The zero-order valence-electron chi connectivity index (χ0n) is 7.39. The Morgan fingerprint density at radius 3 is 2.50 bits per heavy atom. The summed E-state index contributed by atoms with van der Waals surface area (Å²) in [5.74, 6) is -0.647. The van der Waals surface area contributed by atoms with Gasteiger partial charge in [-0.1, -0.05) is 0 Å². The van der Waals surface area contributed by atoms with E-state index in [9.17, 15) is 13.2 Å². The number of rotatable bonds is 3. The Balaban J connectivity index is 3.12. The molecule has 0 spiro atoms. The Bertz CT molecular complexity index is 438. The summed E-state index contributed by atoms with van der Waals surface area (Å²) < 4.78 is 24.5. The molecule has 0 aromatic carbocycles. The van der Waals surface area contributed by atoms with Crippen molar-refractivity contribution < 1.29 is 13.2 Å². The molecule has 0 saturated carbocycles. The summed E-state index contributed by atoms with van der Waals surface area (Å²) in [6.07, 6.45) is 1.12. The number of nitrogens with two attached hydrogens (primary N) is 1. The smallest absolute Gasteiger partial charge is 0.257 e. The Morgan fingerprint density at radius 2 is 2.14 bits per heavy atom. The summed E-state index contributed by atoms with van der Waals surface area (Å²) in [4.78, 5) is 14.2. The Hall–Kier alpha value is -1.47. The molecule has 76 valence electrons. The molecule has 1 amide bonds. The van der Waals surface area contributed by atoms with Crippen molar-refractivity contribution in [2.75, 3.05) is 7.05 Å². The highest BCUT2D eigenvalue weighted by Gasteiger charge is 2.12. The van der Waals surface area contributed by atoms with Gasteiger partial charge in [-0.3, -0.25) is 4.79 Å². The summed E-state index contributed by atoms with van der Waals surface area (Å²) >= 11 is 0. The van der Waals surface area contributed by atoms with Gasteiger partial charge in [-0.15, -0.1) is 0 Å². The van der Waals surface area contributed by atoms with Crippen molar-refractivity contribution >= 4 is 15.9 Å². The van der Waals surface area contributed by atoms with E-state index in [1.54, 1.807) is 0 Å². The molecule has 0 unspecified atom stereocenters. The van der Waals surface area contributed by atoms with Gasteiger partial charge in [0.25, 0.3) is 10.0 Å². The number of nitrogens with zero attached hydrogens (tertiary/aromatic N) is 1. The van der Waals surface area contributed by atoms with Crippen molar-refractivity contribution in [3.8, 4) is 0 Å². The van der Waals surface area contributed by atoms with E-state index in [0.29, 0.717) is 0 Å². The molecule has 0 aliphatic carbocycles. The highest BCUT2D eigenvalue weighted by molar-refractivity contribution is 7.89. The molecule has 0 aliphatic heterocycles. The van der Waals surface area contributed by atoms with Crippen LogP contribution in [0.5, 0.6) is 0 Å². The quantitative estimate of drug-likeness (QED) is 0.681. The summed E-state index contributed by atoms with van der Waals surface area (Å²) in [6.45, 7) is 0. The molecule has 7 heteroatoms. The fourth-order valence-electron chi connectivity index (χ4n) is 0.790. The number of pyridine rings is 1. The maximum absolute atomic E-state index is 11.2. The van der Waals surface area contributed by atoms with Gasteiger partial charge in [-0.2, -0.15) is 0 Å². The van der Waals surface area contributed by atoms with Crippen molar-refractivity contribution in [1.82, 2.24) is 9.71 Å². The number of aromatic nitrogens is 1. The van der Waals surface area contributed by atoms with Crippen molar-refractivity contribution in [1.29, 1.82) is 0 Å². The molecule has 0 fully saturated rings. The Kier molecular flexibility index (Phi) is 2.82. The highest BCUT2D eigenvalue weighted by Crippen LogP contribution is 2.05. The average Bonchev–Trinajstić information content (AvgIpc) is 2.18. The van der Waals surface area contributed by atoms with Crippen LogP contribution < -0.4 is 10.5 Å². The van der Waals surface area contributed by atoms with Crippen LogP contribution in [0, 0.1) is 0 Å². The van der Waals surface area contributed by atoms with Crippen LogP contribution in [0.25, 0.3) is 0 Å². The fraction of sp³-hybridized carbons (Fsp3) is 0.143.